The van der Waals surface area contributed by atoms with Crippen molar-refractivity contribution in [2.75, 3.05) is 7.11 Å². The van der Waals surface area contributed by atoms with Crippen LogP contribution < -0.4 is 0 Å². The summed E-state index contributed by atoms with van der Waals surface area (Å²) in [5.41, 5.74) is 2.66. The van der Waals surface area contributed by atoms with E-state index in [2.05, 4.69) is 19.9 Å². The van der Waals surface area contributed by atoms with Crippen molar-refractivity contribution in [2.24, 2.45) is 40.4 Å². The first-order valence-corrected chi connectivity index (χ1v) is 14.8. The number of hydrogen-bond acceptors (Lipinski definition) is 2. The van der Waals surface area contributed by atoms with Gasteiger partial charge in [0.1, 0.15) is 0 Å². The van der Waals surface area contributed by atoms with E-state index in [0.717, 1.165) is 49.5 Å². The third-order valence-corrected chi connectivity index (χ3v) is 11.2. The van der Waals surface area contributed by atoms with Crippen molar-refractivity contribution in [3.63, 3.8) is 0 Å². The van der Waals surface area contributed by atoms with E-state index in [9.17, 15) is 5.11 Å². The molecule has 0 spiro atoms. The Labute approximate surface area is 213 Å². The van der Waals surface area contributed by atoms with Crippen LogP contribution in [0.1, 0.15) is 138 Å². The molecule has 2 nitrogen and oxygen atoms in total. The van der Waals surface area contributed by atoms with Crippen molar-refractivity contribution in [2.45, 2.75) is 144 Å². The normalized spacial score (nSPS) is 40.8. The van der Waals surface area contributed by atoms with Gasteiger partial charge in [0, 0.05) is 7.11 Å². The molecule has 2 heteroatoms. The summed E-state index contributed by atoms with van der Waals surface area (Å²) < 4.78 is 0. The van der Waals surface area contributed by atoms with Gasteiger partial charge in [-0.25, -0.2) is 0 Å². The van der Waals surface area contributed by atoms with Crippen molar-refractivity contribution >= 4 is 0 Å². The molecular formula is C32H60O2. The number of fused-ring (bicyclic) bond motifs is 5. The van der Waals surface area contributed by atoms with Crippen molar-refractivity contribution < 1.29 is 10.2 Å². The summed E-state index contributed by atoms with van der Waals surface area (Å²) in [6, 6.07) is 0. The Bertz CT molecular complexity index is 621. The molecule has 7 atom stereocenters. The van der Waals surface area contributed by atoms with Crippen LogP contribution in [-0.4, -0.2) is 23.4 Å². The van der Waals surface area contributed by atoms with Gasteiger partial charge in [0.25, 0.3) is 0 Å². The Kier molecular flexibility index (Phi) is 11.7. The van der Waals surface area contributed by atoms with Crippen LogP contribution in [0.15, 0.2) is 11.6 Å². The molecule has 4 saturated carbocycles. The van der Waals surface area contributed by atoms with Crippen LogP contribution in [0.2, 0.25) is 0 Å². The van der Waals surface area contributed by atoms with Gasteiger partial charge in [-0.3, -0.25) is 0 Å². The predicted molar refractivity (Wildman–Crippen MR) is 148 cm³/mol. The zero-order valence-corrected chi connectivity index (χ0v) is 22.7. The highest BCUT2D eigenvalue weighted by Gasteiger charge is 2.58. The fraction of sp³-hybridized carbons (Fsp3) is 0.938. The molecule has 0 aromatic heterocycles. The topological polar surface area (TPSA) is 40.5 Å². The number of unbranched alkanes of at least 4 members (excludes halogenated alkanes) is 1. The highest BCUT2D eigenvalue weighted by Crippen LogP contribution is 2.66. The molecule has 3 unspecified atom stereocenters. The lowest BCUT2D eigenvalue weighted by atomic mass is 9.47. The van der Waals surface area contributed by atoms with Gasteiger partial charge in [-0.1, -0.05) is 91.7 Å². The van der Waals surface area contributed by atoms with Crippen LogP contribution in [0.3, 0.4) is 0 Å². The molecule has 5 aliphatic carbocycles. The average molecular weight is 477 g/mol. The molecule has 0 aromatic rings. The average Bonchev–Trinajstić information content (AvgIpc) is 3.47. The zero-order chi connectivity index (χ0) is 24.1. The largest absolute Gasteiger partial charge is 0.400 e. The Morgan fingerprint density at radius 2 is 1.53 bits per heavy atom. The second kappa shape index (κ2) is 13.3. The predicted octanol–water partition coefficient (Wildman–Crippen LogP) is 8.95. The van der Waals surface area contributed by atoms with Crippen LogP contribution in [0.25, 0.3) is 0 Å². The van der Waals surface area contributed by atoms with Crippen LogP contribution >= 0.6 is 0 Å². The lowest BCUT2D eigenvalue weighted by Gasteiger charge is -2.58. The standard InChI is InChI=1S/C28H46O.C2H6.CH4O.CH4/c1-27-18-16-26-24(13-11-22-19-23(29)15-17-28(22,26)2)25(27)14-12-21(27)10-6-5-9-20-7-3-4-8-20;2*1-2;/h11,20-21,23-26,29H,3-10,12-19H2,1-2H3;1-2H3;2H,1H3;1H4/t21?,23-,24-,25?,26?,27+,28-;;;/m0.../s1. The van der Waals surface area contributed by atoms with Crippen LogP contribution in [0.4, 0.5) is 0 Å². The van der Waals surface area contributed by atoms with Crippen LogP contribution in [0, 0.1) is 40.4 Å². The van der Waals surface area contributed by atoms with E-state index in [0.29, 0.717) is 10.8 Å². The molecule has 0 heterocycles. The van der Waals surface area contributed by atoms with Crippen LogP contribution in [-0.2, 0) is 0 Å². The fourth-order valence-electron chi connectivity index (χ4n) is 9.35. The molecule has 0 radical (unpaired) electrons. The molecule has 4 fully saturated rings. The molecule has 5 rings (SSSR count). The van der Waals surface area contributed by atoms with Crippen molar-refractivity contribution in [3.05, 3.63) is 11.6 Å². The summed E-state index contributed by atoms with van der Waals surface area (Å²) in [5.74, 6) is 4.89. The molecule has 0 amide bonds. The molecule has 5 aliphatic rings. The lowest BCUT2D eigenvalue weighted by Crippen LogP contribution is -2.50. The third-order valence-electron chi connectivity index (χ3n) is 11.2. The van der Waals surface area contributed by atoms with E-state index in [1.165, 1.54) is 89.9 Å². The van der Waals surface area contributed by atoms with Gasteiger partial charge in [-0.15, -0.1) is 0 Å². The first kappa shape index (κ1) is 29.9. The molecular weight excluding hydrogens is 416 g/mol. The minimum Gasteiger partial charge on any atom is -0.400 e. The number of hydrogen-bond donors (Lipinski definition) is 2. The summed E-state index contributed by atoms with van der Waals surface area (Å²) in [6.45, 7) is 9.27. The van der Waals surface area contributed by atoms with Gasteiger partial charge in [-0.05, 0) is 98.2 Å². The van der Waals surface area contributed by atoms with E-state index in [-0.39, 0.29) is 13.5 Å². The molecule has 200 valence electrons. The van der Waals surface area contributed by atoms with E-state index in [1.807, 2.05) is 13.8 Å². The second-order valence-electron chi connectivity index (χ2n) is 12.4. The molecule has 0 aliphatic heterocycles. The fourth-order valence-corrected chi connectivity index (χ4v) is 9.35. The van der Waals surface area contributed by atoms with Crippen LogP contribution in [0.5, 0.6) is 0 Å². The first-order chi connectivity index (χ1) is 16.0. The van der Waals surface area contributed by atoms with Gasteiger partial charge >= 0.3 is 0 Å². The Hall–Kier alpha value is -0.340. The maximum atomic E-state index is 10.2. The number of aliphatic hydroxyl groups excluding tert-OH is 2. The highest BCUT2D eigenvalue weighted by molar-refractivity contribution is 5.25. The van der Waals surface area contributed by atoms with Crippen molar-refractivity contribution in [3.8, 4) is 0 Å². The molecule has 34 heavy (non-hydrogen) atoms. The van der Waals surface area contributed by atoms with Gasteiger partial charge in [0.05, 0.1) is 6.10 Å². The van der Waals surface area contributed by atoms with Crippen molar-refractivity contribution in [1.29, 1.82) is 0 Å². The summed E-state index contributed by atoms with van der Waals surface area (Å²) in [6.07, 6.45) is 25.1. The molecule has 2 N–H and O–H groups in total. The lowest BCUT2D eigenvalue weighted by molar-refractivity contribution is -0.0508. The quantitative estimate of drug-likeness (QED) is 0.307. The van der Waals surface area contributed by atoms with Gasteiger partial charge in [0.2, 0.25) is 0 Å². The Balaban J connectivity index is 0.000000777. The maximum Gasteiger partial charge on any atom is 0.0577 e. The Morgan fingerprint density at radius 1 is 0.853 bits per heavy atom. The summed E-state index contributed by atoms with van der Waals surface area (Å²) in [5, 5.41) is 17.2. The summed E-state index contributed by atoms with van der Waals surface area (Å²) >= 11 is 0. The number of aliphatic hydroxyl groups is 2. The van der Waals surface area contributed by atoms with Gasteiger partial charge in [-0.2, -0.15) is 0 Å². The summed E-state index contributed by atoms with van der Waals surface area (Å²) in [7, 11) is 1.00. The second-order valence-corrected chi connectivity index (χ2v) is 12.4. The maximum absolute atomic E-state index is 10.2. The molecule has 0 bridgehead atoms. The van der Waals surface area contributed by atoms with E-state index in [4.69, 9.17) is 5.11 Å². The third kappa shape index (κ3) is 5.80. The van der Waals surface area contributed by atoms with E-state index >= 15 is 0 Å². The molecule has 0 saturated heterocycles. The minimum atomic E-state index is -0.0696. The summed E-state index contributed by atoms with van der Waals surface area (Å²) in [4.78, 5) is 0. The number of allylic oxidation sites excluding steroid dienone is 1. The monoisotopic (exact) mass is 476 g/mol. The SMILES string of the molecule is C.CC.CO.C[C@]12CCC3[C@@H](CC=C4C[C@@H](O)CC[C@@]43C)C1CCC2CCCCC1CCCC1. The first-order valence-electron chi connectivity index (χ1n) is 14.8. The highest BCUT2D eigenvalue weighted by atomic mass is 16.3. The van der Waals surface area contributed by atoms with Gasteiger partial charge in [0.15, 0.2) is 0 Å². The smallest absolute Gasteiger partial charge is 0.0577 e. The van der Waals surface area contributed by atoms with Gasteiger partial charge < -0.3 is 10.2 Å². The van der Waals surface area contributed by atoms with E-state index in [1.54, 1.807) is 5.57 Å². The zero-order valence-electron chi connectivity index (χ0n) is 22.7. The molecule has 0 aromatic carbocycles. The number of rotatable bonds is 5. The van der Waals surface area contributed by atoms with Crippen molar-refractivity contribution in [1.82, 2.24) is 0 Å². The minimum absolute atomic E-state index is 0. The van der Waals surface area contributed by atoms with E-state index < -0.39 is 0 Å². The Morgan fingerprint density at radius 3 is 2.24 bits per heavy atom.